The van der Waals surface area contributed by atoms with Crippen molar-refractivity contribution in [1.29, 1.82) is 0 Å². The van der Waals surface area contributed by atoms with Crippen molar-refractivity contribution in [2.75, 3.05) is 14.2 Å². The fourth-order valence-corrected chi connectivity index (χ4v) is 1.85. The molecule has 0 saturated heterocycles. The van der Waals surface area contributed by atoms with Crippen LogP contribution in [0.15, 0.2) is 12.2 Å². The Hall–Kier alpha value is -1.76. The summed E-state index contributed by atoms with van der Waals surface area (Å²) in [6.07, 6.45) is 6.63. The monoisotopic (exact) mass is 264 g/mol. The molecule has 0 aromatic heterocycles. The van der Waals surface area contributed by atoms with E-state index in [4.69, 9.17) is 9.47 Å². The number of allylic oxidation sites excluding steroid dienone is 2. The van der Waals surface area contributed by atoms with Gasteiger partial charge in [-0.2, -0.15) is 0 Å². The third kappa shape index (κ3) is 3.85. The average Bonchev–Trinajstić information content (AvgIpc) is 3.25. The lowest BCUT2D eigenvalue weighted by Crippen LogP contribution is -2.40. The van der Waals surface area contributed by atoms with Crippen LogP contribution in [-0.2, 0) is 19.1 Å². The second kappa shape index (κ2) is 6.98. The van der Waals surface area contributed by atoms with Crippen LogP contribution in [0, 0.1) is 23.2 Å². The topological polar surface area (TPSA) is 52.6 Å². The van der Waals surface area contributed by atoms with Crippen molar-refractivity contribution >= 4 is 11.9 Å². The lowest BCUT2D eigenvalue weighted by Gasteiger charge is -2.24. The van der Waals surface area contributed by atoms with Gasteiger partial charge in [-0.3, -0.25) is 9.59 Å². The number of hydrogen-bond donors (Lipinski definition) is 0. The van der Waals surface area contributed by atoms with E-state index in [9.17, 15) is 9.59 Å². The number of carbonyl (C=O) groups excluding carboxylic acids is 2. The Morgan fingerprint density at radius 2 is 1.84 bits per heavy atom. The van der Waals surface area contributed by atoms with Crippen molar-refractivity contribution in [2.24, 2.45) is 11.3 Å². The molecule has 104 valence electrons. The van der Waals surface area contributed by atoms with Crippen LogP contribution in [0.25, 0.3) is 0 Å². The van der Waals surface area contributed by atoms with Crippen LogP contribution in [-0.4, -0.2) is 26.2 Å². The maximum Gasteiger partial charge on any atom is 0.324 e. The molecule has 4 nitrogen and oxygen atoms in total. The number of methoxy groups -OCH3 is 2. The largest absolute Gasteiger partial charge is 0.468 e. The summed E-state index contributed by atoms with van der Waals surface area (Å²) in [6.45, 7) is 1.67. The van der Waals surface area contributed by atoms with Gasteiger partial charge in [0.15, 0.2) is 5.41 Å². The second-order valence-electron chi connectivity index (χ2n) is 4.64. The zero-order valence-electron chi connectivity index (χ0n) is 11.7. The highest BCUT2D eigenvalue weighted by Crippen LogP contribution is 2.34. The Balaban J connectivity index is 2.95. The predicted molar refractivity (Wildman–Crippen MR) is 71.0 cm³/mol. The molecule has 1 saturated carbocycles. The average molecular weight is 264 g/mol. The SMILES string of the molecule is CC#CCC(C/C=C\C1CC1)(C(=O)OC)C(=O)OC. The third-order valence-corrected chi connectivity index (χ3v) is 3.22. The van der Waals surface area contributed by atoms with E-state index in [2.05, 4.69) is 11.8 Å². The smallest absolute Gasteiger partial charge is 0.324 e. The van der Waals surface area contributed by atoms with Crippen LogP contribution in [0.3, 0.4) is 0 Å². The molecule has 1 rings (SSSR count). The summed E-state index contributed by atoms with van der Waals surface area (Å²) >= 11 is 0. The van der Waals surface area contributed by atoms with E-state index in [0.29, 0.717) is 5.92 Å². The Morgan fingerprint density at radius 1 is 1.26 bits per heavy atom. The number of rotatable bonds is 6. The molecule has 0 amide bonds. The predicted octanol–water partition coefficient (Wildman–Crippen LogP) is 2.09. The summed E-state index contributed by atoms with van der Waals surface area (Å²) in [5.41, 5.74) is -1.35. The molecule has 0 aromatic carbocycles. The van der Waals surface area contributed by atoms with E-state index >= 15 is 0 Å². The van der Waals surface area contributed by atoms with Gasteiger partial charge in [0.25, 0.3) is 0 Å². The Bertz CT molecular complexity index is 405. The van der Waals surface area contributed by atoms with Gasteiger partial charge in [-0.05, 0) is 32.1 Å². The first kappa shape index (κ1) is 15.3. The van der Waals surface area contributed by atoms with Crippen molar-refractivity contribution < 1.29 is 19.1 Å². The van der Waals surface area contributed by atoms with Gasteiger partial charge in [-0.15, -0.1) is 11.8 Å². The fraction of sp³-hybridized carbons (Fsp3) is 0.600. The van der Waals surface area contributed by atoms with Crippen LogP contribution in [0.5, 0.6) is 0 Å². The quantitative estimate of drug-likeness (QED) is 0.319. The summed E-state index contributed by atoms with van der Waals surface area (Å²) in [5.74, 6) is 4.89. The minimum absolute atomic E-state index is 0.109. The summed E-state index contributed by atoms with van der Waals surface area (Å²) < 4.78 is 9.53. The normalized spacial score (nSPS) is 14.7. The molecule has 0 N–H and O–H groups in total. The molecular formula is C15H20O4. The van der Waals surface area contributed by atoms with E-state index < -0.39 is 17.4 Å². The third-order valence-electron chi connectivity index (χ3n) is 3.22. The number of carbonyl (C=O) groups is 2. The summed E-state index contributed by atoms with van der Waals surface area (Å²) in [6, 6.07) is 0. The Morgan fingerprint density at radius 3 is 2.26 bits per heavy atom. The maximum absolute atomic E-state index is 12.0. The van der Waals surface area contributed by atoms with Gasteiger partial charge in [-0.25, -0.2) is 0 Å². The summed E-state index contributed by atoms with van der Waals surface area (Å²) in [4.78, 5) is 24.0. The molecule has 0 spiro atoms. The molecule has 0 bridgehead atoms. The lowest BCUT2D eigenvalue weighted by atomic mass is 9.81. The minimum Gasteiger partial charge on any atom is -0.468 e. The van der Waals surface area contributed by atoms with Gasteiger partial charge >= 0.3 is 11.9 Å². The number of esters is 2. The van der Waals surface area contributed by atoms with Crippen molar-refractivity contribution in [2.45, 2.75) is 32.6 Å². The molecular weight excluding hydrogens is 244 g/mol. The van der Waals surface area contributed by atoms with Gasteiger partial charge in [0.2, 0.25) is 0 Å². The van der Waals surface area contributed by atoms with Gasteiger partial charge in [0.05, 0.1) is 14.2 Å². The van der Waals surface area contributed by atoms with E-state index in [1.54, 1.807) is 6.92 Å². The van der Waals surface area contributed by atoms with E-state index in [0.717, 1.165) is 0 Å². The van der Waals surface area contributed by atoms with E-state index in [1.807, 2.05) is 12.2 Å². The molecule has 0 aliphatic heterocycles. The lowest BCUT2D eigenvalue weighted by molar-refractivity contribution is -0.168. The van der Waals surface area contributed by atoms with E-state index in [1.165, 1.54) is 27.1 Å². The Kier molecular flexibility index (Phi) is 5.62. The first-order valence-corrected chi connectivity index (χ1v) is 6.34. The molecule has 0 aromatic rings. The Labute approximate surface area is 114 Å². The molecule has 19 heavy (non-hydrogen) atoms. The zero-order valence-corrected chi connectivity index (χ0v) is 11.7. The summed E-state index contributed by atoms with van der Waals surface area (Å²) in [7, 11) is 2.54. The van der Waals surface area contributed by atoms with Crippen LogP contribution >= 0.6 is 0 Å². The van der Waals surface area contributed by atoms with Crippen molar-refractivity contribution in [3.63, 3.8) is 0 Å². The van der Waals surface area contributed by atoms with Gasteiger partial charge in [0, 0.05) is 6.42 Å². The second-order valence-corrected chi connectivity index (χ2v) is 4.64. The van der Waals surface area contributed by atoms with Gasteiger partial charge < -0.3 is 9.47 Å². The van der Waals surface area contributed by atoms with Crippen molar-refractivity contribution in [1.82, 2.24) is 0 Å². The highest BCUT2D eigenvalue weighted by molar-refractivity contribution is 6.00. The standard InChI is InChI=1S/C15H20O4/c1-4-5-10-15(13(16)18-2,14(17)19-3)11-6-7-12-8-9-12/h6-7,12H,8-11H2,1-3H3/b7-6-. The molecule has 0 atom stereocenters. The molecule has 1 aliphatic rings. The van der Waals surface area contributed by atoms with E-state index in [-0.39, 0.29) is 12.8 Å². The molecule has 0 heterocycles. The van der Waals surface area contributed by atoms with Crippen molar-refractivity contribution in [3.05, 3.63) is 12.2 Å². The summed E-state index contributed by atoms with van der Waals surface area (Å²) in [5, 5.41) is 0. The first-order chi connectivity index (χ1) is 9.10. The molecule has 0 radical (unpaired) electrons. The molecule has 4 heteroatoms. The van der Waals surface area contributed by atoms with Gasteiger partial charge in [-0.1, -0.05) is 12.2 Å². The highest BCUT2D eigenvalue weighted by Gasteiger charge is 2.47. The molecule has 0 unspecified atom stereocenters. The number of ether oxygens (including phenoxy) is 2. The highest BCUT2D eigenvalue weighted by atomic mass is 16.5. The van der Waals surface area contributed by atoms with Crippen LogP contribution in [0.2, 0.25) is 0 Å². The van der Waals surface area contributed by atoms with Crippen LogP contribution in [0.1, 0.15) is 32.6 Å². The maximum atomic E-state index is 12.0. The zero-order chi connectivity index (χ0) is 14.3. The number of hydrogen-bond acceptors (Lipinski definition) is 4. The first-order valence-electron chi connectivity index (χ1n) is 6.34. The van der Waals surface area contributed by atoms with Crippen molar-refractivity contribution in [3.8, 4) is 11.8 Å². The molecule has 1 aliphatic carbocycles. The van der Waals surface area contributed by atoms with Crippen LogP contribution in [0.4, 0.5) is 0 Å². The fourth-order valence-electron chi connectivity index (χ4n) is 1.85. The van der Waals surface area contributed by atoms with Crippen LogP contribution < -0.4 is 0 Å². The molecule has 1 fully saturated rings. The minimum atomic E-state index is -1.35. The van der Waals surface area contributed by atoms with Gasteiger partial charge in [0.1, 0.15) is 0 Å².